The number of rotatable bonds is 3. The van der Waals surface area contributed by atoms with Crippen molar-refractivity contribution in [2.24, 2.45) is 5.92 Å². The van der Waals surface area contributed by atoms with E-state index in [9.17, 15) is 4.39 Å². The lowest BCUT2D eigenvalue weighted by Gasteiger charge is -2.19. The van der Waals surface area contributed by atoms with Gasteiger partial charge in [0.15, 0.2) is 0 Å². The first-order valence-corrected chi connectivity index (χ1v) is 5.80. The summed E-state index contributed by atoms with van der Waals surface area (Å²) in [7, 11) is 1.55. The molecule has 0 bridgehead atoms. The number of nitrogens with one attached hydrogen (secondary N) is 1. The quantitative estimate of drug-likeness (QED) is 0.847. The van der Waals surface area contributed by atoms with Gasteiger partial charge in [0.2, 0.25) is 0 Å². The molecule has 0 spiro atoms. The van der Waals surface area contributed by atoms with E-state index in [1.54, 1.807) is 7.11 Å². The van der Waals surface area contributed by atoms with E-state index in [1.165, 1.54) is 31.4 Å². The molecule has 1 N–H and O–H groups in total. The van der Waals surface area contributed by atoms with Gasteiger partial charge in [-0.15, -0.1) is 0 Å². The van der Waals surface area contributed by atoms with Gasteiger partial charge < -0.3 is 10.1 Å². The highest BCUT2D eigenvalue weighted by Crippen LogP contribution is 2.29. The Morgan fingerprint density at radius 1 is 1.31 bits per heavy atom. The first-order chi connectivity index (χ1) is 7.69. The third kappa shape index (κ3) is 2.46. The lowest BCUT2D eigenvalue weighted by Crippen LogP contribution is -2.21. The summed E-state index contributed by atoms with van der Waals surface area (Å²) in [5.41, 5.74) is 0.815. The molecule has 1 fully saturated rings. The Morgan fingerprint density at radius 2 is 2.12 bits per heavy atom. The third-order valence-corrected chi connectivity index (χ3v) is 3.32. The standard InChI is InChI=1S/C13H18FNO/c1-9-4-3-5-13(9)15-11-6-10(14)7-12(8-11)16-2/h6-9,13,15H,3-5H2,1-2H3. The van der Waals surface area contributed by atoms with Crippen molar-refractivity contribution < 1.29 is 9.13 Å². The number of ether oxygens (including phenoxy) is 1. The molecule has 1 saturated carbocycles. The first-order valence-electron chi connectivity index (χ1n) is 5.80. The van der Waals surface area contributed by atoms with Crippen LogP contribution < -0.4 is 10.1 Å². The van der Waals surface area contributed by atoms with E-state index in [1.807, 2.05) is 6.07 Å². The topological polar surface area (TPSA) is 21.3 Å². The number of hydrogen-bond acceptors (Lipinski definition) is 2. The maximum atomic E-state index is 13.3. The summed E-state index contributed by atoms with van der Waals surface area (Å²) >= 11 is 0. The van der Waals surface area contributed by atoms with Crippen LogP contribution in [0.15, 0.2) is 18.2 Å². The third-order valence-electron chi connectivity index (χ3n) is 3.32. The zero-order valence-corrected chi connectivity index (χ0v) is 9.79. The molecule has 0 radical (unpaired) electrons. The Bertz CT molecular complexity index is 367. The molecule has 1 aliphatic rings. The van der Waals surface area contributed by atoms with Crippen molar-refractivity contribution >= 4 is 5.69 Å². The molecule has 88 valence electrons. The molecule has 0 aromatic heterocycles. The predicted molar refractivity (Wildman–Crippen MR) is 63.4 cm³/mol. The van der Waals surface area contributed by atoms with Gasteiger partial charge in [-0.1, -0.05) is 13.3 Å². The van der Waals surface area contributed by atoms with E-state index in [0.717, 1.165) is 5.69 Å². The molecule has 0 heterocycles. The average Bonchev–Trinajstić information content (AvgIpc) is 2.63. The zero-order chi connectivity index (χ0) is 11.5. The largest absolute Gasteiger partial charge is 0.497 e. The van der Waals surface area contributed by atoms with E-state index in [4.69, 9.17) is 4.74 Å². The van der Waals surface area contributed by atoms with Crippen molar-refractivity contribution in [2.45, 2.75) is 32.2 Å². The highest BCUT2D eigenvalue weighted by Gasteiger charge is 2.23. The molecule has 1 aromatic carbocycles. The SMILES string of the molecule is COc1cc(F)cc(NC2CCCC2C)c1. The number of benzene rings is 1. The molecule has 0 aliphatic heterocycles. The van der Waals surface area contributed by atoms with Gasteiger partial charge in [-0.2, -0.15) is 0 Å². The van der Waals surface area contributed by atoms with E-state index < -0.39 is 0 Å². The van der Waals surface area contributed by atoms with Crippen LogP contribution >= 0.6 is 0 Å². The Balaban J connectivity index is 2.11. The lowest BCUT2D eigenvalue weighted by atomic mass is 10.1. The fraction of sp³-hybridized carbons (Fsp3) is 0.538. The molecule has 3 heteroatoms. The van der Waals surface area contributed by atoms with Crippen LogP contribution in [0.2, 0.25) is 0 Å². The minimum Gasteiger partial charge on any atom is -0.497 e. The van der Waals surface area contributed by atoms with Gasteiger partial charge in [-0.3, -0.25) is 0 Å². The van der Waals surface area contributed by atoms with Gasteiger partial charge in [-0.25, -0.2) is 4.39 Å². The maximum absolute atomic E-state index is 13.3. The van der Waals surface area contributed by atoms with Crippen molar-refractivity contribution in [3.8, 4) is 5.75 Å². The van der Waals surface area contributed by atoms with Gasteiger partial charge in [0, 0.05) is 23.9 Å². The minimum atomic E-state index is -0.257. The van der Waals surface area contributed by atoms with Crippen LogP contribution in [0.1, 0.15) is 26.2 Å². The molecule has 2 rings (SSSR count). The van der Waals surface area contributed by atoms with Crippen LogP contribution in [-0.4, -0.2) is 13.2 Å². The monoisotopic (exact) mass is 223 g/mol. The van der Waals surface area contributed by atoms with Gasteiger partial charge in [0.05, 0.1) is 7.11 Å². The van der Waals surface area contributed by atoms with Crippen LogP contribution in [0.5, 0.6) is 5.75 Å². The number of halogens is 1. The zero-order valence-electron chi connectivity index (χ0n) is 9.79. The number of hydrogen-bond donors (Lipinski definition) is 1. The molecule has 2 unspecified atom stereocenters. The second kappa shape index (κ2) is 4.73. The normalized spacial score (nSPS) is 24.4. The Hall–Kier alpha value is -1.25. The smallest absolute Gasteiger partial charge is 0.128 e. The van der Waals surface area contributed by atoms with Crippen LogP contribution in [0.3, 0.4) is 0 Å². The summed E-state index contributed by atoms with van der Waals surface area (Å²) in [5.74, 6) is 0.968. The van der Waals surface area contributed by atoms with E-state index in [-0.39, 0.29) is 5.82 Å². The average molecular weight is 223 g/mol. The summed E-state index contributed by atoms with van der Waals surface area (Å²) < 4.78 is 18.3. The van der Waals surface area contributed by atoms with Gasteiger partial charge >= 0.3 is 0 Å². The van der Waals surface area contributed by atoms with E-state index >= 15 is 0 Å². The Kier molecular flexibility index (Phi) is 3.32. The van der Waals surface area contributed by atoms with Crippen molar-refractivity contribution in [3.05, 3.63) is 24.0 Å². The molecule has 16 heavy (non-hydrogen) atoms. The molecule has 0 saturated heterocycles. The van der Waals surface area contributed by atoms with Crippen LogP contribution in [-0.2, 0) is 0 Å². The number of anilines is 1. The van der Waals surface area contributed by atoms with Crippen LogP contribution in [0.25, 0.3) is 0 Å². The lowest BCUT2D eigenvalue weighted by molar-refractivity contribution is 0.411. The van der Waals surface area contributed by atoms with Crippen molar-refractivity contribution in [3.63, 3.8) is 0 Å². The van der Waals surface area contributed by atoms with Crippen LogP contribution in [0, 0.1) is 11.7 Å². The van der Waals surface area contributed by atoms with Crippen LogP contribution in [0.4, 0.5) is 10.1 Å². The van der Waals surface area contributed by atoms with Gasteiger partial charge in [-0.05, 0) is 24.8 Å². The molecular formula is C13H18FNO. The predicted octanol–water partition coefficient (Wildman–Crippen LogP) is 3.43. The maximum Gasteiger partial charge on any atom is 0.128 e. The van der Waals surface area contributed by atoms with E-state index in [2.05, 4.69) is 12.2 Å². The summed E-state index contributed by atoms with van der Waals surface area (Å²) in [4.78, 5) is 0. The van der Waals surface area contributed by atoms with E-state index in [0.29, 0.717) is 17.7 Å². The molecular weight excluding hydrogens is 205 g/mol. The van der Waals surface area contributed by atoms with Gasteiger partial charge in [0.1, 0.15) is 11.6 Å². The van der Waals surface area contributed by atoms with Crippen molar-refractivity contribution in [1.82, 2.24) is 0 Å². The van der Waals surface area contributed by atoms with Crippen molar-refractivity contribution in [1.29, 1.82) is 0 Å². The highest BCUT2D eigenvalue weighted by atomic mass is 19.1. The second-order valence-electron chi connectivity index (χ2n) is 4.54. The highest BCUT2D eigenvalue weighted by molar-refractivity contribution is 5.49. The first kappa shape index (κ1) is 11.2. The summed E-state index contributed by atoms with van der Waals surface area (Å²) in [6.07, 6.45) is 3.68. The molecule has 2 atom stereocenters. The molecule has 0 amide bonds. The molecule has 1 aliphatic carbocycles. The van der Waals surface area contributed by atoms with Gasteiger partial charge in [0.25, 0.3) is 0 Å². The summed E-state index contributed by atoms with van der Waals surface area (Å²) in [6, 6.07) is 5.22. The molecule has 1 aromatic rings. The fourth-order valence-electron chi connectivity index (χ4n) is 2.34. The Morgan fingerprint density at radius 3 is 2.75 bits per heavy atom. The number of methoxy groups -OCH3 is 1. The second-order valence-corrected chi connectivity index (χ2v) is 4.54. The Labute approximate surface area is 95.8 Å². The molecule has 2 nitrogen and oxygen atoms in total. The minimum absolute atomic E-state index is 0.257. The summed E-state index contributed by atoms with van der Waals surface area (Å²) in [5, 5.41) is 3.39. The summed E-state index contributed by atoms with van der Waals surface area (Å²) in [6.45, 7) is 2.24. The fourth-order valence-corrected chi connectivity index (χ4v) is 2.34. The van der Waals surface area contributed by atoms with Crippen molar-refractivity contribution in [2.75, 3.05) is 12.4 Å².